The molecular formula is C13H15BrN2O2. The van der Waals surface area contributed by atoms with Gasteiger partial charge in [-0.05, 0) is 35.0 Å². The van der Waals surface area contributed by atoms with Gasteiger partial charge in [0.2, 0.25) is 5.91 Å². The van der Waals surface area contributed by atoms with E-state index in [1.54, 1.807) is 14.0 Å². The second-order valence-electron chi connectivity index (χ2n) is 3.63. The fourth-order valence-electron chi connectivity index (χ4n) is 1.33. The van der Waals surface area contributed by atoms with Crippen LogP contribution in [0.25, 0.3) is 0 Å². The fraction of sp³-hybridized carbons (Fsp3) is 0.308. The number of rotatable bonds is 5. The first-order valence-corrected chi connectivity index (χ1v) is 6.19. The van der Waals surface area contributed by atoms with Crippen LogP contribution in [0.3, 0.4) is 0 Å². The van der Waals surface area contributed by atoms with E-state index in [0.717, 1.165) is 15.9 Å². The molecule has 0 heterocycles. The van der Waals surface area contributed by atoms with E-state index in [0.29, 0.717) is 0 Å². The van der Waals surface area contributed by atoms with Crippen molar-refractivity contribution in [1.29, 1.82) is 0 Å². The Hall–Kier alpha value is -1.67. The number of amides is 1. The minimum atomic E-state index is -0.387. The van der Waals surface area contributed by atoms with Gasteiger partial charge in [0.25, 0.3) is 0 Å². The van der Waals surface area contributed by atoms with E-state index < -0.39 is 0 Å². The first-order valence-electron chi connectivity index (χ1n) is 5.39. The molecule has 0 spiro atoms. The van der Waals surface area contributed by atoms with Crippen molar-refractivity contribution in [2.45, 2.75) is 13.0 Å². The standard InChI is InChI=1S/C13H15BrN2O2/c1-4-7-15-13(17)9(2)16-12-8-10(18-3)5-6-11(12)14/h1,5-6,8-9,16H,7H2,2-3H3,(H,15,17). The summed E-state index contributed by atoms with van der Waals surface area (Å²) in [5.74, 6) is 2.93. The molecule has 4 nitrogen and oxygen atoms in total. The summed E-state index contributed by atoms with van der Waals surface area (Å²) < 4.78 is 5.99. The Balaban J connectivity index is 2.72. The van der Waals surface area contributed by atoms with Gasteiger partial charge in [-0.2, -0.15) is 0 Å². The van der Waals surface area contributed by atoms with Crippen LogP contribution in [-0.4, -0.2) is 25.6 Å². The fourth-order valence-corrected chi connectivity index (χ4v) is 1.69. The van der Waals surface area contributed by atoms with Gasteiger partial charge in [0.05, 0.1) is 19.3 Å². The Kier molecular flexibility index (Phi) is 5.53. The van der Waals surface area contributed by atoms with Crippen molar-refractivity contribution in [1.82, 2.24) is 5.32 Å². The number of anilines is 1. The molecule has 0 saturated carbocycles. The van der Waals surface area contributed by atoms with Crippen LogP contribution in [0, 0.1) is 12.3 Å². The quantitative estimate of drug-likeness (QED) is 0.818. The lowest BCUT2D eigenvalue weighted by Crippen LogP contribution is -2.37. The average molecular weight is 311 g/mol. The maximum atomic E-state index is 11.7. The van der Waals surface area contributed by atoms with Crippen molar-refractivity contribution in [3.05, 3.63) is 22.7 Å². The van der Waals surface area contributed by atoms with Crippen LogP contribution in [0.15, 0.2) is 22.7 Å². The van der Waals surface area contributed by atoms with E-state index in [1.807, 2.05) is 18.2 Å². The normalized spacial score (nSPS) is 11.2. The molecule has 2 N–H and O–H groups in total. The number of benzene rings is 1. The molecule has 96 valence electrons. The minimum absolute atomic E-state index is 0.150. The van der Waals surface area contributed by atoms with E-state index in [1.165, 1.54) is 0 Å². The van der Waals surface area contributed by atoms with Gasteiger partial charge >= 0.3 is 0 Å². The highest BCUT2D eigenvalue weighted by Crippen LogP contribution is 2.27. The third-order valence-corrected chi connectivity index (χ3v) is 3.00. The van der Waals surface area contributed by atoms with Crippen molar-refractivity contribution in [2.24, 2.45) is 0 Å². The number of hydrogen-bond donors (Lipinski definition) is 2. The number of carbonyl (C=O) groups is 1. The number of methoxy groups -OCH3 is 1. The molecule has 1 aromatic carbocycles. The van der Waals surface area contributed by atoms with Crippen LogP contribution in [-0.2, 0) is 4.79 Å². The Labute approximate surface area is 115 Å². The van der Waals surface area contributed by atoms with E-state index in [4.69, 9.17) is 11.2 Å². The van der Waals surface area contributed by atoms with Crippen molar-refractivity contribution in [3.63, 3.8) is 0 Å². The number of nitrogens with one attached hydrogen (secondary N) is 2. The van der Waals surface area contributed by atoms with Gasteiger partial charge in [-0.25, -0.2) is 0 Å². The molecule has 5 heteroatoms. The lowest BCUT2D eigenvalue weighted by Gasteiger charge is -2.16. The van der Waals surface area contributed by atoms with Gasteiger partial charge in [-0.1, -0.05) is 5.92 Å². The Morgan fingerprint density at radius 1 is 1.61 bits per heavy atom. The molecule has 0 aromatic heterocycles. The van der Waals surface area contributed by atoms with Crippen LogP contribution < -0.4 is 15.4 Å². The largest absolute Gasteiger partial charge is 0.497 e. The van der Waals surface area contributed by atoms with E-state index >= 15 is 0 Å². The first kappa shape index (κ1) is 14.4. The summed E-state index contributed by atoms with van der Waals surface area (Å²) >= 11 is 3.41. The van der Waals surface area contributed by atoms with Crippen molar-refractivity contribution >= 4 is 27.5 Å². The van der Waals surface area contributed by atoms with Gasteiger partial charge in [0, 0.05) is 10.5 Å². The number of terminal acetylenes is 1. The lowest BCUT2D eigenvalue weighted by atomic mass is 10.2. The second-order valence-corrected chi connectivity index (χ2v) is 4.49. The summed E-state index contributed by atoms with van der Waals surface area (Å²) in [6, 6.07) is 5.11. The molecule has 0 saturated heterocycles. The van der Waals surface area contributed by atoms with E-state index in [9.17, 15) is 4.79 Å². The summed E-state index contributed by atoms with van der Waals surface area (Å²) in [6.45, 7) is 1.99. The number of halogens is 1. The average Bonchev–Trinajstić information content (AvgIpc) is 2.38. The zero-order chi connectivity index (χ0) is 13.5. The van der Waals surface area contributed by atoms with Gasteiger partial charge in [0.15, 0.2) is 0 Å². The molecule has 0 aliphatic carbocycles. The highest BCUT2D eigenvalue weighted by molar-refractivity contribution is 9.10. The molecule has 1 atom stereocenters. The molecule has 1 rings (SSSR count). The molecule has 0 aliphatic rings. The van der Waals surface area contributed by atoms with E-state index in [2.05, 4.69) is 32.5 Å². The maximum Gasteiger partial charge on any atom is 0.242 e. The molecule has 1 unspecified atom stereocenters. The number of hydrogen-bond acceptors (Lipinski definition) is 3. The van der Waals surface area contributed by atoms with Crippen molar-refractivity contribution < 1.29 is 9.53 Å². The molecule has 0 aliphatic heterocycles. The SMILES string of the molecule is C#CCNC(=O)C(C)Nc1cc(OC)ccc1Br. The number of carbonyl (C=O) groups excluding carboxylic acids is 1. The van der Waals surface area contributed by atoms with E-state index in [-0.39, 0.29) is 18.5 Å². The summed E-state index contributed by atoms with van der Waals surface area (Å²) in [7, 11) is 1.59. The number of ether oxygens (including phenoxy) is 1. The summed E-state index contributed by atoms with van der Waals surface area (Å²) in [6.07, 6.45) is 5.08. The predicted octanol–water partition coefficient (Wildman–Crippen LogP) is 2.01. The smallest absolute Gasteiger partial charge is 0.242 e. The molecule has 1 aromatic rings. The lowest BCUT2D eigenvalue weighted by molar-refractivity contribution is -0.121. The third-order valence-electron chi connectivity index (χ3n) is 2.30. The molecule has 1 amide bonds. The first-order chi connectivity index (χ1) is 8.58. The summed E-state index contributed by atoms with van der Waals surface area (Å²) in [5.41, 5.74) is 0.790. The van der Waals surface area contributed by atoms with Crippen LogP contribution >= 0.6 is 15.9 Å². The molecule has 18 heavy (non-hydrogen) atoms. The van der Waals surface area contributed by atoms with Crippen LogP contribution in [0.5, 0.6) is 5.75 Å². The maximum absolute atomic E-state index is 11.7. The second kappa shape index (κ2) is 6.92. The van der Waals surface area contributed by atoms with Crippen LogP contribution in [0.1, 0.15) is 6.92 Å². The summed E-state index contributed by atoms with van der Waals surface area (Å²) in [5, 5.41) is 5.70. The van der Waals surface area contributed by atoms with Crippen molar-refractivity contribution in [2.75, 3.05) is 19.0 Å². The van der Waals surface area contributed by atoms with Crippen LogP contribution in [0.4, 0.5) is 5.69 Å². The third kappa shape index (κ3) is 3.97. The molecule has 0 fully saturated rings. The highest BCUT2D eigenvalue weighted by Gasteiger charge is 2.13. The Morgan fingerprint density at radius 2 is 2.33 bits per heavy atom. The molecule has 0 bridgehead atoms. The minimum Gasteiger partial charge on any atom is -0.497 e. The zero-order valence-electron chi connectivity index (χ0n) is 10.3. The molecule has 0 radical (unpaired) electrons. The van der Waals surface area contributed by atoms with Gasteiger partial charge in [0.1, 0.15) is 11.8 Å². The Bertz CT molecular complexity index is 469. The van der Waals surface area contributed by atoms with Gasteiger partial charge < -0.3 is 15.4 Å². The van der Waals surface area contributed by atoms with Gasteiger partial charge in [-0.15, -0.1) is 6.42 Å². The van der Waals surface area contributed by atoms with Crippen molar-refractivity contribution in [3.8, 4) is 18.1 Å². The Morgan fingerprint density at radius 3 is 2.94 bits per heavy atom. The topological polar surface area (TPSA) is 50.4 Å². The highest BCUT2D eigenvalue weighted by atomic mass is 79.9. The van der Waals surface area contributed by atoms with Crippen LogP contribution in [0.2, 0.25) is 0 Å². The predicted molar refractivity (Wildman–Crippen MR) is 75.6 cm³/mol. The zero-order valence-corrected chi connectivity index (χ0v) is 11.9. The monoisotopic (exact) mass is 310 g/mol. The molecular weight excluding hydrogens is 296 g/mol. The van der Waals surface area contributed by atoms with Gasteiger partial charge in [-0.3, -0.25) is 4.79 Å². The summed E-state index contributed by atoms with van der Waals surface area (Å²) in [4.78, 5) is 11.7.